The predicted octanol–water partition coefficient (Wildman–Crippen LogP) is 5.83. The van der Waals surface area contributed by atoms with Crippen LogP contribution in [-0.4, -0.2) is 44.7 Å². The fourth-order valence-corrected chi connectivity index (χ4v) is 4.95. The highest BCUT2D eigenvalue weighted by Crippen LogP contribution is 2.30. The van der Waals surface area contributed by atoms with E-state index in [2.05, 4.69) is 71.6 Å². The maximum atomic E-state index is 11.5. The molecule has 4 aromatic carbocycles. The van der Waals surface area contributed by atoms with Crippen molar-refractivity contribution in [2.24, 2.45) is 5.73 Å². The van der Waals surface area contributed by atoms with Crippen LogP contribution in [0.25, 0.3) is 0 Å². The molecule has 0 radical (unpaired) electrons. The maximum absolute atomic E-state index is 11.5. The van der Waals surface area contributed by atoms with E-state index in [1.165, 1.54) is 11.1 Å². The largest absolute Gasteiger partial charge is 0.493 e. The number of hydrogen-bond donors (Lipinski definition) is 1. The van der Waals surface area contributed by atoms with Gasteiger partial charge in [0.15, 0.2) is 11.5 Å². The molecule has 0 fully saturated rings. The summed E-state index contributed by atoms with van der Waals surface area (Å²) in [5.74, 6) is 1.98. The van der Waals surface area contributed by atoms with Crippen LogP contribution in [0.1, 0.15) is 34.6 Å². The molecule has 0 aliphatic carbocycles. The number of para-hydroxylation sites is 1. The minimum Gasteiger partial charge on any atom is -0.493 e. The van der Waals surface area contributed by atoms with Gasteiger partial charge in [-0.1, -0.05) is 84.9 Å². The van der Waals surface area contributed by atoms with E-state index < -0.39 is 0 Å². The molecule has 0 saturated heterocycles. The average molecular weight is 539 g/mol. The topological polar surface area (TPSA) is 74.0 Å². The third-order valence-electron chi connectivity index (χ3n) is 6.91. The highest BCUT2D eigenvalue weighted by molar-refractivity contribution is 5.77. The lowest BCUT2D eigenvalue weighted by molar-refractivity contribution is -0.117. The molecule has 6 heteroatoms. The van der Waals surface area contributed by atoms with Crippen LogP contribution in [0.2, 0.25) is 0 Å². The highest BCUT2D eigenvalue weighted by Gasteiger charge is 2.19. The molecule has 0 aliphatic rings. The van der Waals surface area contributed by atoms with Crippen molar-refractivity contribution in [3.8, 4) is 17.2 Å². The summed E-state index contributed by atoms with van der Waals surface area (Å²) in [5.41, 5.74) is 9.94. The molecule has 0 heterocycles. The fourth-order valence-electron chi connectivity index (χ4n) is 4.95. The van der Waals surface area contributed by atoms with Gasteiger partial charge in [0.1, 0.15) is 5.75 Å². The molecule has 0 bridgehead atoms. The number of primary amides is 1. The van der Waals surface area contributed by atoms with E-state index in [4.69, 9.17) is 19.9 Å². The number of rotatable bonds is 15. The smallest absolute Gasteiger partial charge is 0.221 e. The molecular formula is C34H38N2O4. The van der Waals surface area contributed by atoms with Crippen molar-refractivity contribution in [2.75, 3.05) is 33.9 Å². The zero-order valence-electron chi connectivity index (χ0n) is 23.3. The SMILES string of the molecule is COc1ccc(CN(CCCOc2ccccc2CC(N)=O)CC(c2ccccc2)c2ccccc2)cc1OC. The minimum atomic E-state index is -0.370. The van der Waals surface area contributed by atoms with Crippen LogP contribution in [0.15, 0.2) is 103 Å². The lowest BCUT2D eigenvalue weighted by Crippen LogP contribution is -2.31. The van der Waals surface area contributed by atoms with E-state index in [1.54, 1.807) is 14.2 Å². The van der Waals surface area contributed by atoms with Crippen LogP contribution >= 0.6 is 0 Å². The quantitative estimate of drug-likeness (QED) is 0.193. The third kappa shape index (κ3) is 8.10. The van der Waals surface area contributed by atoms with Crippen molar-refractivity contribution in [1.29, 1.82) is 0 Å². The molecule has 0 spiro atoms. The molecule has 0 atom stereocenters. The molecule has 0 aromatic heterocycles. The van der Waals surface area contributed by atoms with Gasteiger partial charge in [-0.2, -0.15) is 0 Å². The van der Waals surface area contributed by atoms with Gasteiger partial charge in [0.2, 0.25) is 5.91 Å². The van der Waals surface area contributed by atoms with Gasteiger partial charge < -0.3 is 19.9 Å². The number of methoxy groups -OCH3 is 2. The average Bonchev–Trinajstić information content (AvgIpc) is 2.99. The number of benzene rings is 4. The Morgan fingerprint density at radius 3 is 2.02 bits per heavy atom. The monoisotopic (exact) mass is 538 g/mol. The summed E-state index contributed by atoms with van der Waals surface area (Å²) < 4.78 is 17.1. The summed E-state index contributed by atoms with van der Waals surface area (Å²) in [6, 6.07) is 35.0. The molecule has 0 aliphatic heterocycles. The van der Waals surface area contributed by atoms with Crippen molar-refractivity contribution >= 4 is 5.91 Å². The Hall–Kier alpha value is -4.29. The van der Waals surface area contributed by atoms with Crippen molar-refractivity contribution in [1.82, 2.24) is 4.90 Å². The van der Waals surface area contributed by atoms with Crippen molar-refractivity contribution in [2.45, 2.75) is 25.3 Å². The Morgan fingerprint density at radius 2 is 1.40 bits per heavy atom. The summed E-state index contributed by atoms with van der Waals surface area (Å²) in [4.78, 5) is 13.9. The molecule has 208 valence electrons. The van der Waals surface area contributed by atoms with E-state index in [0.717, 1.165) is 42.9 Å². The van der Waals surface area contributed by atoms with Crippen LogP contribution < -0.4 is 19.9 Å². The summed E-state index contributed by atoms with van der Waals surface area (Å²) in [6.45, 7) is 2.93. The molecule has 4 rings (SSSR count). The number of nitrogens with two attached hydrogens (primary N) is 1. The van der Waals surface area contributed by atoms with Gasteiger partial charge in [-0.05, 0) is 41.3 Å². The van der Waals surface area contributed by atoms with Crippen molar-refractivity contribution in [3.05, 3.63) is 125 Å². The third-order valence-corrected chi connectivity index (χ3v) is 6.91. The van der Waals surface area contributed by atoms with Crippen LogP contribution in [0.3, 0.4) is 0 Å². The molecule has 0 saturated carbocycles. The first-order valence-electron chi connectivity index (χ1n) is 13.6. The van der Waals surface area contributed by atoms with Crippen molar-refractivity contribution < 1.29 is 19.0 Å². The second-order valence-corrected chi connectivity index (χ2v) is 9.75. The van der Waals surface area contributed by atoms with Gasteiger partial charge in [0, 0.05) is 31.1 Å². The van der Waals surface area contributed by atoms with Gasteiger partial charge >= 0.3 is 0 Å². The molecule has 0 unspecified atom stereocenters. The number of ether oxygens (including phenoxy) is 3. The number of carbonyl (C=O) groups is 1. The standard InChI is InChI=1S/C34H38N2O4/c1-38-32-19-18-26(22-33(32)39-2)24-36(20-11-21-40-31-17-10-9-16-29(31)23-34(35)37)25-30(27-12-5-3-6-13-27)28-14-7-4-8-15-28/h3-10,12-19,22,30H,11,20-21,23-25H2,1-2H3,(H2,35,37). The first kappa shape index (κ1) is 28.7. The summed E-state index contributed by atoms with van der Waals surface area (Å²) >= 11 is 0. The van der Waals surface area contributed by atoms with Gasteiger partial charge in [-0.25, -0.2) is 0 Å². The first-order valence-corrected chi connectivity index (χ1v) is 13.6. The Kier molecular flexibility index (Phi) is 10.6. The van der Waals surface area contributed by atoms with Gasteiger partial charge in [0.25, 0.3) is 0 Å². The van der Waals surface area contributed by atoms with E-state index in [-0.39, 0.29) is 18.2 Å². The van der Waals surface area contributed by atoms with Gasteiger partial charge in [0.05, 0.1) is 27.2 Å². The number of hydrogen-bond acceptors (Lipinski definition) is 5. The van der Waals surface area contributed by atoms with Gasteiger partial charge in [-0.3, -0.25) is 9.69 Å². The highest BCUT2D eigenvalue weighted by atomic mass is 16.5. The summed E-state index contributed by atoms with van der Waals surface area (Å²) in [6.07, 6.45) is 0.978. The number of nitrogens with zero attached hydrogens (tertiary/aromatic N) is 1. The Morgan fingerprint density at radius 1 is 0.775 bits per heavy atom. The van der Waals surface area contributed by atoms with E-state index in [0.29, 0.717) is 18.1 Å². The second-order valence-electron chi connectivity index (χ2n) is 9.75. The molecule has 40 heavy (non-hydrogen) atoms. The molecule has 4 aromatic rings. The molecule has 6 nitrogen and oxygen atoms in total. The zero-order valence-corrected chi connectivity index (χ0v) is 23.3. The van der Waals surface area contributed by atoms with E-state index in [9.17, 15) is 4.79 Å². The normalized spacial score (nSPS) is 11.0. The van der Waals surface area contributed by atoms with Crippen LogP contribution in [0.5, 0.6) is 17.2 Å². The number of carbonyl (C=O) groups excluding carboxylic acids is 1. The molecular weight excluding hydrogens is 500 g/mol. The number of amides is 1. The Labute approximate surface area is 237 Å². The lowest BCUT2D eigenvalue weighted by Gasteiger charge is -2.29. The van der Waals surface area contributed by atoms with Gasteiger partial charge in [-0.15, -0.1) is 0 Å². The molecule has 2 N–H and O–H groups in total. The Balaban J connectivity index is 1.53. The fraction of sp³-hybridized carbons (Fsp3) is 0.265. The minimum absolute atomic E-state index is 0.164. The summed E-state index contributed by atoms with van der Waals surface area (Å²) in [5, 5.41) is 0. The molecule has 1 amide bonds. The zero-order chi connectivity index (χ0) is 28.2. The van der Waals surface area contributed by atoms with E-state index in [1.807, 2.05) is 36.4 Å². The van der Waals surface area contributed by atoms with Crippen LogP contribution in [0.4, 0.5) is 0 Å². The summed E-state index contributed by atoms with van der Waals surface area (Å²) in [7, 11) is 3.31. The Bertz CT molecular complexity index is 1310. The van der Waals surface area contributed by atoms with Crippen LogP contribution in [-0.2, 0) is 17.8 Å². The lowest BCUT2D eigenvalue weighted by atomic mass is 9.90. The second kappa shape index (κ2) is 14.8. The first-order chi connectivity index (χ1) is 19.6. The predicted molar refractivity (Wildman–Crippen MR) is 159 cm³/mol. The van der Waals surface area contributed by atoms with Crippen LogP contribution in [0, 0.1) is 0 Å². The van der Waals surface area contributed by atoms with E-state index >= 15 is 0 Å². The van der Waals surface area contributed by atoms with Crippen molar-refractivity contribution in [3.63, 3.8) is 0 Å². The maximum Gasteiger partial charge on any atom is 0.221 e.